The van der Waals surface area contributed by atoms with Crippen molar-refractivity contribution in [1.82, 2.24) is 25.3 Å². The zero-order valence-electron chi connectivity index (χ0n) is 37.5. The van der Waals surface area contributed by atoms with Crippen molar-refractivity contribution in [1.29, 1.82) is 0 Å². The van der Waals surface area contributed by atoms with Crippen LogP contribution in [-0.4, -0.2) is 99.6 Å². The van der Waals surface area contributed by atoms with Crippen molar-refractivity contribution < 1.29 is 33.4 Å². The van der Waals surface area contributed by atoms with Crippen LogP contribution in [0, 0.1) is 5.92 Å². The molecule has 2 aliphatic heterocycles. The Balaban J connectivity index is 1.27. The monoisotopic (exact) mass is 845 g/mol. The summed E-state index contributed by atoms with van der Waals surface area (Å²) in [5.41, 5.74) is 1.49. The van der Waals surface area contributed by atoms with E-state index in [4.69, 9.17) is 9.47 Å². The SMILES string of the molecule is CC(C)(CC(=O)N(CC1CCN(C(=O)OC(C)(C)C)CC1)C[C@H]1C(=O)N[C@@H](Cc2ccc3ccccc3c2)C(=O)N1Cc1ccc(-c2ccccc2)cc1)NC(=O)OC(C)(C)C. The van der Waals surface area contributed by atoms with Crippen LogP contribution in [0.4, 0.5) is 9.59 Å². The quantitative estimate of drug-likeness (QED) is 0.147. The summed E-state index contributed by atoms with van der Waals surface area (Å²) in [4.78, 5) is 74.5. The van der Waals surface area contributed by atoms with Crippen molar-refractivity contribution in [3.8, 4) is 11.1 Å². The van der Waals surface area contributed by atoms with Gasteiger partial charge in [-0.2, -0.15) is 0 Å². The van der Waals surface area contributed by atoms with E-state index in [9.17, 15) is 24.0 Å². The van der Waals surface area contributed by atoms with E-state index in [-0.39, 0.29) is 49.2 Å². The number of alkyl carbamates (subject to hydrolysis) is 1. The number of piperidine rings is 1. The van der Waals surface area contributed by atoms with Crippen LogP contribution >= 0.6 is 0 Å². The van der Waals surface area contributed by atoms with E-state index >= 15 is 0 Å². The largest absolute Gasteiger partial charge is 0.444 e. The van der Waals surface area contributed by atoms with E-state index in [2.05, 4.69) is 16.7 Å². The Morgan fingerprint density at radius 1 is 0.726 bits per heavy atom. The van der Waals surface area contributed by atoms with Crippen molar-refractivity contribution in [2.24, 2.45) is 5.92 Å². The average Bonchev–Trinajstić information content (AvgIpc) is 3.19. The van der Waals surface area contributed by atoms with Gasteiger partial charge in [0, 0.05) is 44.6 Å². The predicted octanol–water partition coefficient (Wildman–Crippen LogP) is 8.11. The van der Waals surface area contributed by atoms with Gasteiger partial charge in [0.15, 0.2) is 0 Å². The summed E-state index contributed by atoms with van der Waals surface area (Å²) in [5.74, 6) is -0.868. The number of fused-ring (bicyclic) bond motifs is 1. The number of amides is 5. The average molecular weight is 846 g/mol. The molecular weight excluding hydrogens is 783 g/mol. The number of nitrogens with zero attached hydrogens (tertiary/aromatic N) is 3. The molecule has 4 aromatic carbocycles. The lowest BCUT2D eigenvalue weighted by atomic mass is 9.94. The van der Waals surface area contributed by atoms with Crippen molar-refractivity contribution >= 4 is 40.7 Å². The number of rotatable bonds is 12. The highest BCUT2D eigenvalue weighted by Crippen LogP contribution is 2.27. The lowest BCUT2D eigenvalue weighted by molar-refractivity contribution is -0.152. The molecule has 2 fully saturated rings. The summed E-state index contributed by atoms with van der Waals surface area (Å²) in [5, 5.41) is 8.01. The lowest BCUT2D eigenvalue weighted by Crippen LogP contribution is -2.66. The maximum absolute atomic E-state index is 14.7. The van der Waals surface area contributed by atoms with E-state index in [0.717, 1.165) is 33.0 Å². The number of benzene rings is 4. The van der Waals surface area contributed by atoms with Crippen LogP contribution in [0.5, 0.6) is 0 Å². The molecule has 5 amide bonds. The molecule has 12 nitrogen and oxygen atoms in total. The molecule has 0 aromatic heterocycles. The van der Waals surface area contributed by atoms with Gasteiger partial charge in [0.1, 0.15) is 23.3 Å². The minimum absolute atomic E-state index is 0.00144. The Morgan fingerprint density at radius 3 is 1.97 bits per heavy atom. The zero-order chi connectivity index (χ0) is 44.8. The van der Waals surface area contributed by atoms with Crippen molar-refractivity contribution in [2.75, 3.05) is 26.2 Å². The van der Waals surface area contributed by atoms with Gasteiger partial charge in [-0.05, 0) is 107 Å². The van der Waals surface area contributed by atoms with Crippen LogP contribution in [-0.2, 0) is 36.8 Å². The van der Waals surface area contributed by atoms with Gasteiger partial charge in [0.2, 0.25) is 17.7 Å². The standard InChI is InChI=1S/C50H63N5O7/c1-48(2,3)61-46(59)52-50(7,8)30-43(56)54(31-35-24-26-53(27-25-35)47(60)62-49(4,5)6)33-42-44(57)51-41(29-36-20-23-38-16-12-13-17-40(38)28-36)45(58)55(42)32-34-18-21-39(22-19-34)37-14-10-9-11-15-37/h9-23,28,35,41-42H,24-27,29-33H2,1-8H3,(H,51,57)(H,52,59)/t41-,42-/m0/s1. The van der Waals surface area contributed by atoms with Crippen molar-refractivity contribution in [3.63, 3.8) is 0 Å². The summed E-state index contributed by atoms with van der Waals surface area (Å²) < 4.78 is 11.1. The van der Waals surface area contributed by atoms with Gasteiger partial charge in [0.05, 0.1) is 6.54 Å². The number of hydrogen-bond donors (Lipinski definition) is 2. The van der Waals surface area contributed by atoms with Gasteiger partial charge in [-0.1, -0.05) is 97.1 Å². The highest BCUT2D eigenvalue weighted by Gasteiger charge is 2.43. The molecule has 0 bridgehead atoms. The van der Waals surface area contributed by atoms with E-state index in [0.29, 0.717) is 38.9 Å². The van der Waals surface area contributed by atoms with Crippen LogP contribution < -0.4 is 10.6 Å². The molecule has 2 aliphatic rings. The van der Waals surface area contributed by atoms with Crippen LogP contribution in [0.15, 0.2) is 97.1 Å². The van der Waals surface area contributed by atoms with Gasteiger partial charge in [0.25, 0.3) is 0 Å². The molecule has 12 heteroatoms. The van der Waals surface area contributed by atoms with Crippen LogP contribution in [0.25, 0.3) is 21.9 Å². The third-order valence-corrected chi connectivity index (χ3v) is 11.2. The van der Waals surface area contributed by atoms with Crippen LogP contribution in [0.3, 0.4) is 0 Å². The van der Waals surface area contributed by atoms with Gasteiger partial charge in [-0.25, -0.2) is 9.59 Å². The molecule has 0 spiro atoms. The number of carbonyl (C=O) groups is 5. The molecule has 0 aliphatic carbocycles. The molecule has 2 heterocycles. The number of ether oxygens (including phenoxy) is 2. The van der Waals surface area contributed by atoms with E-state index in [1.165, 1.54) is 0 Å². The molecule has 6 rings (SSSR count). The molecule has 2 N–H and O–H groups in total. The Kier molecular flexibility index (Phi) is 14.0. The minimum Gasteiger partial charge on any atom is -0.444 e. The third-order valence-electron chi connectivity index (χ3n) is 11.2. The first-order valence-electron chi connectivity index (χ1n) is 21.7. The van der Waals surface area contributed by atoms with Crippen LogP contribution in [0.2, 0.25) is 0 Å². The Morgan fingerprint density at radius 2 is 1.32 bits per heavy atom. The molecule has 2 atom stereocenters. The van der Waals surface area contributed by atoms with Gasteiger partial charge >= 0.3 is 12.2 Å². The maximum atomic E-state index is 14.7. The summed E-state index contributed by atoms with van der Waals surface area (Å²) in [6.07, 6.45) is 0.427. The summed E-state index contributed by atoms with van der Waals surface area (Å²) in [7, 11) is 0. The topological polar surface area (TPSA) is 138 Å². The summed E-state index contributed by atoms with van der Waals surface area (Å²) in [6, 6.07) is 30.3. The molecule has 62 heavy (non-hydrogen) atoms. The fraction of sp³-hybridized carbons (Fsp3) is 0.460. The minimum atomic E-state index is -1.01. The smallest absolute Gasteiger partial charge is 0.410 e. The summed E-state index contributed by atoms with van der Waals surface area (Å²) in [6.45, 7) is 15.6. The first kappa shape index (κ1) is 45.6. The van der Waals surface area contributed by atoms with Crippen molar-refractivity contribution in [3.05, 3.63) is 108 Å². The molecule has 4 aromatic rings. The highest BCUT2D eigenvalue weighted by molar-refractivity contribution is 5.98. The summed E-state index contributed by atoms with van der Waals surface area (Å²) >= 11 is 0. The molecule has 330 valence electrons. The first-order valence-corrected chi connectivity index (χ1v) is 21.7. The number of nitrogens with one attached hydrogen (secondary N) is 2. The number of likely N-dealkylation sites (tertiary alicyclic amines) is 1. The fourth-order valence-electron chi connectivity index (χ4n) is 8.10. The normalized spacial score (nSPS) is 17.7. The zero-order valence-corrected chi connectivity index (χ0v) is 37.5. The number of hydrogen-bond acceptors (Lipinski definition) is 7. The second kappa shape index (κ2) is 19.0. The van der Waals surface area contributed by atoms with Crippen LogP contribution in [0.1, 0.15) is 85.8 Å². The number of carbonyl (C=O) groups excluding carboxylic acids is 5. The molecule has 0 radical (unpaired) electrons. The van der Waals surface area contributed by atoms with Gasteiger partial charge in [-0.3, -0.25) is 14.4 Å². The Bertz CT molecular complexity index is 2220. The molecular formula is C50H63N5O7. The highest BCUT2D eigenvalue weighted by atomic mass is 16.6. The Labute approximate surface area is 366 Å². The first-order chi connectivity index (χ1) is 29.2. The molecule has 0 unspecified atom stereocenters. The third kappa shape index (κ3) is 12.6. The second-order valence-corrected chi connectivity index (χ2v) is 19.4. The lowest BCUT2D eigenvalue weighted by Gasteiger charge is -2.42. The second-order valence-electron chi connectivity index (χ2n) is 19.4. The fourth-order valence-corrected chi connectivity index (χ4v) is 8.10. The number of piperazine rings is 1. The van der Waals surface area contributed by atoms with E-state index in [1.54, 1.807) is 49.3 Å². The predicted molar refractivity (Wildman–Crippen MR) is 241 cm³/mol. The van der Waals surface area contributed by atoms with E-state index < -0.39 is 34.9 Å². The van der Waals surface area contributed by atoms with E-state index in [1.807, 2.05) is 112 Å². The van der Waals surface area contributed by atoms with Gasteiger partial charge < -0.3 is 34.8 Å². The maximum Gasteiger partial charge on any atom is 0.410 e. The Hall–Kier alpha value is -5.91. The molecule has 2 saturated heterocycles. The van der Waals surface area contributed by atoms with Crippen molar-refractivity contribution in [2.45, 2.75) is 116 Å². The van der Waals surface area contributed by atoms with Gasteiger partial charge in [-0.15, -0.1) is 0 Å². The molecule has 0 saturated carbocycles.